The largest absolute Gasteiger partial charge is 0.480 e. The van der Waals surface area contributed by atoms with Crippen molar-refractivity contribution in [3.8, 4) is 0 Å². The first-order valence-corrected chi connectivity index (χ1v) is 9.72. The summed E-state index contributed by atoms with van der Waals surface area (Å²) in [5.74, 6) is 1.18. The summed E-state index contributed by atoms with van der Waals surface area (Å²) >= 11 is 0. The molecule has 2 fully saturated rings. The van der Waals surface area contributed by atoms with Gasteiger partial charge in [-0.05, 0) is 64.1 Å². The molecule has 134 valence electrons. The molecule has 1 saturated carbocycles. The molecule has 0 radical (unpaired) electrons. The van der Waals surface area contributed by atoms with Crippen molar-refractivity contribution >= 4 is 5.97 Å². The summed E-state index contributed by atoms with van der Waals surface area (Å²) in [7, 11) is 1.96. The average molecular weight is 325 g/mol. The van der Waals surface area contributed by atoms with Gasteiger partial charge in [-0.2, -0.15) is 0 Å². The van der Waals surface area contributed by atoms with E-state index in [4.69, 9.17) is 5.11 Å². The van der Waals surface area contributed by atoms with Gasteiger partial charge in [0.1, 0.15) is 0 Å². The van der Waals surface area contributed by atoms with E-state index >= 15 is 0 Å². The first-order valence-electron chi connectivity index (χ1n) is 9.72. The van der Waals surface area contributed by atoms with Crippen molar-refractivity contribution in [2.45, 2.75) is 70.8 Å². The van der Waals surface area contributed by atoms with Gasteiger partial charge in [-0.25, -0.2) is 0 Å². The third kappa shape index (κ3) is 6.42. The second-order valence-electron chi connectivity index (χ2n) is 7.87. The quantitative estimate of drug-likeness (QED) is 0.779. The fourth-order valence-corrected chi connectivity index (χ4v) is 4.58. The lowest BCUT2D eigenvalue weighted by molar-refractivity contribution is -0.138. The zero-order valence-electron chi connectivity index (χ0n) is 15.2. The van der Waals surface area contributed by atoms with Gasteiger partial charge in [0.25, 0.3) is 0 Å². The number of hydrogen-bond donors (Lipinski definition) is 1. The molecule has 0 aromatic carbocycles. The van der Waals surface area contributed by atoms with E-state index in [1.807, 2.05) is 11.9 Å². The van der Waals surface area contributed by atoms with Gasteiger partial charge in [0.05, 0.1) is 6.54 Å². The molecule has 1 unspecified atom stereocenters. The molecule has 0 spiro atoms. The van der Waals surface area contributed by atoms with E-state index in [-0.39, 0.29) is 6.54 Å². The second-order valence-corrected chi connectivity index (χ2v) is 7.87. The lowest BCUT2D eigenvalue weighted by atomic mass is 9.80. The number of likely N-dealkylation sites (N-methyl/N-ethyl adjacent to an activating group) is 1. The fraction of sp³-hybridized carbons (Fsp3) is 0.947. The van der Waals surface area contributed by atoms with E-state index < -0.39 is 5.97 Å². The SMILES string of the molecule is CCCC1CCC(CN2CCCC(N(C)CC(=O)O)CC2)CC1. The average Bonchev–Trinajstić information content (AvgIpc) is 2.74. The molecule has 1 aliphatic carbocycles. The highest BCUT2D eigenvalue weighted by Crippen LogP contribution is 2.32. The van der Waals surface area contributed by atoms with Crippen LogP contribution in [-0.2, 0) is 4.79 Å². The first kappa shape index (κ1) is 18.7. The molecule has 2 rings (SSSR count). The van der Waals surface area contributed by atoms with Gasteiger partial charge in [0.15, 0.2) is 0 Å². The summed E-state index contributed by atoms with van der Waals surface area (Å²) in [5, 5.41) is 8.96. The highest BCUT2D eigenvalue weighted by molar-refractivity contribution is 5.69. The van der Waals surface area contributed by atoms with Crippen LogP contribution in [0.5, 0.6) is 0 Å². The van der Waals surface area contributed by atoms with Crippen LogP contribution in [0, 0.1) is 11.8 Å². The topological polar surface area (TPSA) is 43.8 Å². The summed E-state index contributed by atoms with van der Waals surface area (Å²) in [6.07, 6.45) is 12.0. The van der Waals surface area contributed by atoms with Gasteiger partial charge >= 0.3 is 5.97 Å². The minimum Gasteiger partial charge on any atom is -0.480 e. The monoisotopic (exact) mass is 324 g/mol. The Labute approximate surface area is 142 Å². The van der Waals surface area contributed by atoms with Crippen LogP contribution in [0.3, 0.4) is 0 Å². The molecule has 1 aliphatic heterocycles. The van der Waals surface area contributed by atoms with Crippen LogP contribution in [0.1, 0.15) is 64.7 Å². The molecular weight excluding hydrogens is 288 g/mol. The molecule has 23 heavy (non-hydrogen) atoms. The summed E-state index contributed by atoms with van der Waals surface area (Å²) in [4.78, 5) is 15.6. The van der Waals surface area contributed by atoms with Crippen molar-refractivity contribution < 1.29 is 9.90 Å². The Hall–Kier alpha value is -0.610. The zero-order valence-corrected chi connectivity index (χ0v) is 15.2. The molecule has 0 aromatic rings. The molecule has 1 heterocycles. The van der Waals surface area contributed by atoms with Crippen molar-refractivity contribution in [1.82, 2.24) is 9.80 Å². The van der Waals surface area contributed by atoms with Crippen LogP contribution < -0.4 is 0 Å². The van der Waals surface area contributed by atoms with E-state index in [9.17, 15) is 4.79 Å². The number of hydrogen-bond acceptors (Lipinski definition) is 3. The number of aliphatic carboxylic acids is 1. The Kier molecular flexibility index (Phi) is 7.84. The van der Waals surface area contributed by atoms with Crippen LogP contribution in [-0.4, -0.2) is 60.1 Å². The van der Waals surface area contributed by atoms with Crippen molar-refractivity contribution in [2.75, 3.05) is 33.2 Å². The van der Waals surface area contributed by atoms with E-state index in [2.05, 4.69) is 11.8 Å². The van der Waals surface area contributed by atoms with Gasteiger partial charge in [-0.15, -0.1) is 0 Å². The van der Waals surface area contributed by atoms with Crippen LogP contribution >= 0.6 is 0 Å². The molecule has 0 bridgehead atoms. The maximum atomic E-state index is 10.9. The fourth-order valence-electron chi connectivity index (χ4n) is 4.58. The number of rotatable bonds is 7. The molecule has 1 N–H and O–H groups in total. The minimum atomic E-state index is -0.711. The number of carboxylic acid groups (broad SMARTS) is 1. The smallest absolute Gasteiger partial charge is 0.317 e. The van der Waals surface area contributed by atoms with E-state index in [1.54, 1.807) is 0 Å². The predicted octanol–water partition coefficient (Wildman–Crippen LogP) is 3.46. The third-order valence-corrected chi connectivity index (χ3v) is 5.98. The van der Waals surface area contributed by atoms with Crippen LogP contribution in [0.25, 0.3) is 0 Å². The normalized spacial score (nSPS) is 30.3. The lowest BCUT2D eigenvalue weighted by Crippen LogP contribution is -2.37. The van der Waals surface area contributed by atoms with E-state index in [0.717, 1.165) is 31.2 Å². The van der Waals surface area contributed by atoms with Gasteiger partial charge in [0.2, 0.25) is 0 Å². The Morgan fingerprint density at radius 1 is 1.09 bits per heavy atom. The number of likely N-dealkylation sites (tertiary alicyclic amines) is 1. The Balaban J connectivity index is 1.70. The summed E-state index contributed by atoms with van der Waals surface area (Å²) in [6, 6.07) is 0.441. The maximum absolute atomic E-state index is 10.9. The molecule has 1 atom stereocenters. The first-order chi connectivity index (χ1) is 11.1. The van der Waals surface area contributed by atoms with E-state index in [0.29, 0.717) is 6.04 Å². The summed E-state index contributed by atoms with van der Waals surface area (Å²) < 4.78 is 0. The molecule has 0 aromatic heterocycles. The highest BCUT2D eigenvalue weighted by Gasteiger charge is 2.25. The number of carboxylic acids is 1. The van der Waals surface area contributed by atoms with Crippen LogP contribution in [0.2, 0.25) is 0 Å². The van der Waals surface area contributed by atoms with Gasteiger partial charge < -0.3 is 10.0 Å². The molecule has 1 saturated heterocycles. The van der Waals surface area contributed by atoms with Gasteiger partial charge in [-0.3, -0.25) is 9.69 Å². The Morgan fingerprint density at radius 2 is 1.78 bits per heavy atom. The Morgan fingerprint density at radius 3 is 2.43 bits per heavy atom. The zero-order chi connectivity index (χ0) is 16.7. The number of nitrogens with zero attached hydrogens (tertiary/aromatic N) is 2. The lowest BCUT2D eigenvalue weighted by Gasteiger charge is -2.32. The van der Waals surface area contributed by atoms with Crippen molar-refractivity contribution in [3.63, 3.8) is 0 Å². The molecule has 4 heteroatoms. The second kappa shape index (κ2) is 9.63. The molecule has 0 amide bonds. The highest BCUT2D eigenvalue weighted by atomic mass is 16.4. The van der Waals surface area contributed by atoms with Crippen LogP contribution in [0.4, 0.5) is 0 Å². The van der Waals surface area contributed by atoms with Gasteiger partial charge in [0, 0.05) is 12.6 Å². The predicted molar refractivity (Wildman–Crippen MR) is 94.7 cm³/mol. The molecular formula is C19H36N2O2. The summed E-state index contributed by atoms with van der Waals surface area (Å²) in [5.41, 5.74) is 0. The van der Waals surface area contributed by atoms with E-state index in [1.165, 1.54) is 58.0 Å². The minimum absolute atomic E-state index is 0.173. The molecule has 2 aliphatic rings. The standard InChI is InChI=1S/C19H36N2O2/c1-3-5-16-7-9-17(10-8-16)14-21-12-4-6-18(11-13-21)20(2)15-19(22)23/h16-18H,3-15H2,1-2H3,(H,22,23). The maximum Gasteiger partial charge on any atom is 0.317 e. The van der Waals surface area contributed by atoms with Crippen molar-refractivity contribution in [1.29, 1.82) is 0 Å². The third-order valence-electron chi connectivity index (χ3n) is 5.98. The molecule has 4 nitrogen and oxygen atoms in total. The number of carbonyl (C=O) groups is 1. The summed E-state index contributed by atoms with van der Waals surface area (Å²) in [6.45, 7) is 6.09. The van der Waals surface area contributed by atoms with Crippen LogP contribution in [0.15, 0.2) is 0 Å². The van der Waals surface area contributed by atoms with Crippen molar-refractivity contribution in [3.05, 3.63) is 0 Å². The van der Waals surface area contributed by atoms with Gasteiger partial charge in [-0.1, -0.05) is 32.6 Å². The Bertz CT molecular complexity index is 353. The van der Waals surface area contributed by atoms with Crippen molar-refractivity contribution in [2.24, 2.45) is 11.8 Å².